The first kappa shape index (κ1) is 10.2. The summed E-state index contributed by atoms with van der Waals surface area (Å²) in [5, 5.41) is 0. The smallest absolute Gasteiger partial charge is 0.140 e. The first-order valence-electron chi connectivity index (χ1n) is 5.57. The van der Waals surface area contributed by atoms with E-state index in [2.05, 4.69) is 0 Å². The van der Waals surface area contributed by atoms with Crippen LogP contribution in [-0.4, -0.2) is 12.4 Å². The van der Waals surface area contributed by atoms with E-state index in [1.807, 2.05) is 31.2 Å². The number of ether oxygens (including phenoxy) is 1. The van der Waals surface area contributed by atoms with Crippen LogP contribution in [0.2, 0.25) is 0 Å². The third-order valence-corrected chi connectivity index (χ3v) is 2.84. The van der Waals surface area contributed by atoms with Crippen LogP contribution in [0.1, 0.15) is 37.7 Å². The van der Waals surface area contributed by atoms with Crippen LogP contribution in [0.25, 0.3) is 0 Å². The minimum atomic E-state index is 0.0647. The van der Waals surface area contributed by atoms with E-state index < -0.39 is 0 Å². The predicted octanol–water partition coefficient (Wildman–Crippen LogP) is 2.92. The third-order valence-electron chi connectivity index (χ3n) is 2.84. The third kappa shape index (κ3) is 2.04. The molecule has 2 nitrogen and oxygen atoms in total. The van der Waals surface area contributed by atoms with Gasteiger partial charge in [-0.05, 0) is 18.9 Å². The number of benzene rings is 1. The Hall–Kier alpha value is -1.31. The largest absolute Gasteiger partial charge is 0.493 e. The molecule has 0 radical (unpaired) electrons. The van der Waals surface area contributed by atoms with Crippen molar-refractivity contribution < 1.29 is 9.53 Å². The SMILES string of the molecule is CCCC(=O)C1CCOc2ccccc21. The molecule has 0 aliphatic carbocycles. The van der Waals surface area contributed by atoms with Crippen LogP contribution in [0.3, 0.4) is 0 Å². The van der Waals surface area contributed by atoms with Crippen LogP contribution in [0.15, 0.2) is 24.3 Å². The van der Waals surface area contributed by atoms with Crippen molar-refractivity contribution >= 4 is 5.78 Å². The lowest BCUT2D eigenvalue weighted by Crippen LogP contribution is -2.20. The van der Waals surface area contributed by atoms with Crippen molar-refractivity contribution in [2.75, 3.05) is 6.61 Å². The fraction of sp³-hybridized carbons (Fsp3) is 0.462. The summed E-state index contributed by atoms with van der Waals surface area (Å²) in [6.45, 7) is 2.71. The highest BCUT2D eigenvalue weighted by molar-refractivity contribution is 5.86. The minimum absolute atomic E-state index is 0.0647. The van der Waals surface area contributed by atoms with Gasteiger partial charge in [0.2, 0.25) is 0 Å². The van der Waals surface area contributed by atoms with Crippen molar-refractivity contribution in [3.63, 3.8) is 0 Å². The topological polar surface area (TPSA) is 26.3 Å². The molecule has 0 saturated heterocycles. The fourth-order valence-corrected chi connectivity index (χ4v) is 2.10. The highest BCUT2D eigenvalue weighted by Gasteiger charge is 2.26. The van der Waals surface area contributed by atoms with Crippen LogP contribution in [0.4, 0.5) is 0 Å². The molecule has 80 valence electrons. The van der Waals surface area contributed by atoms with Crippen molar-refractivity contribution in [3.8, 4) is 5.75 Å². The summed E-state index contributed by atoms with van der Waals surface area (Å²) < 4.78 is 5.53. The number of rotatable bonds is 3. The van der Waals surface area contributed by atoms with Gasteiger partial charge in [-0.3, -0.25) is 4.79 Å². The summed E-state index contributed by atoms with van der Waals surface area (Å²) in [7, 11) is 0. The van der Waals surface area contributed by atoms with E-state index in [0.717, 1.165) is 24.2 Å². The molecule has 0 aromatic heterocycles. The molecule has 1 atom stereocenters. The van der Waals surface area contributed by atoms with Gasteiger partial charge < -0.3 is 4.74 Å². The number of hydrogen-bond acceptors (Lipinski definition) is 2. The lowest BCUT2D eigenvalue weighted by atomic mass is 9.88. The zero-order valence-corrected chi connectivity index (χ0v) is 9.03. The Kier molecular flexibility index (Phi) is 3.05. The molecule has 0 amide bonds. The molecule has 2 heteroatoms. The summed E-state index contributed by atoms with van der Waals surface area (Å²) in [5.41, 5.74) is 1.07. The Balaban J connectivity index is 2.25. The maximum atomic E-state index is 11.9. The fourth-order valence-electron chi connectivity index (χ4n) is 2.10. The molecule has 0 N–H and O–H groups in total. The van der Waals surface area contributed by atoms with E-state index in [0.29, 0.717) is 18.8 Å². The zero-order valence-electron chi connectivity index (χ0n) is 9.03. The Morgan fingerprint density at radius 1 is 1.47 bits per heavy atom. The molecule has 1 heterocycles. The van der Waals surface area contributed by atoms with E-state index in [-0.39, 0.29) is 5.92 Å². The maximum absolute atomic E-state index is 11.9. The van der Waals surface area contributed by atoms with Crippen LogP contribution in [-0.2, 0) is 4.79 Å². The van der Waals surface area contributed by atoms with Gasteiger partial charge in [0.25, 0.3) is 0 Å². The number of Topliss-reactive ketones (excluding diaryl/α,β-unsaturated/α-hetero) is 1. The molecule has 1 unspecified atom stereocenters. The van der Waals surface area contributed by atoms with E-state index in [1.54, 1.807) is 0 Å². The van der Waals surface area contributed by atoms with Gasteiger partial charge in [-0.2, -0.15) is 0 Å². The average molecular weight is 204 g/mol. The highest BCUT2D eigenvalue weighted by Crippen LogP contribution is 2.34. The van der Waals surface area contributed by atoms with Gasteiger partial charge in [-0.1, -0.05) is 25.1 Å². The second kappa shape index (κ2) is 4.47. The Morgan fingerprint density at radius 3 is 3.07 bits per heavy atom. The molecule has 1 aromatic carbocycles. The maximum Gasteiger partial charge on any atom is 0.140 e. The van der Waals surface area contributed by atoms with Gasteiger partial charge >= 0.3 is 0 Å². The molecule has 0 spiro atoms. The Bertz CT molecular complexity index is 357. The second-order valence-electron chi connectivity index (χ2n) is 3.94. The molecule has 2 rings (SSSR count). The predicted molar refractivity (Wildman–Crippen MR) is 59.2 cm³/mol. The van der Waals surface area contributed by atoms with Gasteiger partial charge in [0.15, 0.2) is 0 Å². The lowest BCUT2D eigenvalue weighted by molar-refractivity contribution is -0.121. The zero-order chi connectivity index (χ0) is 10.7. The first-order chi connectivity index (χ1) is 7.33. The van der Waals surface area contributed by atoms with Crippen LogP contribution >= 0.6 is 0 Å². The van der Waals surface area contributed by atoms with Gasteiger partial charge in [0, 0.05) is 17.9 Å². The van der Waals surface area contributed by atoms with E-state index in [9.17, 15) is 4.79 Å². The summed E-state index contributed by atoms with van der Waals surface area (Å²) in [5.74, 6) is 1.31. The number of para-hydroxylation sites is 1. The normalized spacial score (nSPS) is 19.1. The van der Waals surface area contributed by atoms with Crippen LogP contribution in [0, 0.1) is 0 Å². The van der Waals surface area contributed by atoms with Crippen LogP contribution < -0.4 is 4.74 Å². The van der Waals surface area contributed by atoms with Crippen molar-refractivity contribution in [1.82, 2.24) is 0 Å². The van der Waals surface area contributed by atoms with E-state index in [4.69, 9.17) is 4.74 Å². The standard InChI is InChI=1S/C13H16O2/c1-2-5-12(14)10-8-9-15-13-7-4-3-6-11(10)13/h3-4,6-7,10H,2,5,8-9H2,1H3. The van der Waals surface area contributed by atoms with Crippen molar-refractivity contribution in [3.05, 3.63) is 29.8 Å². The Labute approximate surface area is 90.3 Å². The lowest BCUT2D eigenvalue weighted by Gasteiger charge is -2.24. The molecule has 15 heavy (non-hydrogen) atoms. The molecular formula is C13H16O2. The van der Waals surface area contributed by atoms with Crippen LogP contribution in [0.5, 0.6) is 5.75 Å². The minimum Gasteiger partial charge on any atom is -0.493 e. The van der Waals surface area contributed by atoms with Crippen molar-refractivity contribution in [2.24, 2.45) is 0 Å². The molecule has 1 aliphatic heterocycles. The summed E-state index contributed by atoms with van der Waals surface area (Å²) in [6, 6.07) is 7.87. The summed E-state index contributed by atoms with van der Waals surface area (Å²) >= 11 is 0. The summed E-state index contributed by atoms with van der Waals surface area (Å²) in [6.07, 6.45) is 2.44. The van der Waals surface area contributed by atoms with Crippen molar-refractivity contribution in [2.45, 2.75) is 32.1 Å². The van der Waals surface area contributed by atoms with Gasteiger partial charge in [0.1, 0.15) is 11.5 Å². The second-order valence-corrected chi connectivity index (χ2v) is 3.94. The number of hydrogen-bond donors (Lipinski definition) is 0. The molecule has 1 aliphatic rings. The monoisotopic (exact) mass is 204 g/mol. The molecule has 1 aromatic rings. The molecule has 0 fully saturated rings. The quantitative estimate of drug-likeness (QED) is 0.756. The molecule has 0 bridgehead atoms. The summed E-state index contributed by atoms with van der Waals surface area (Å²) in [4.78, 5) is 11.9. The van der Waals surface area contributed by atoms with E-state index in [1.165, 1.54) is 0 Å². The number of fused-ring (bicyclic) bond motifs is 1. The van der Waals surface area contributed by atoms with Gasteiger partial charge in [-0.25, -0.2) is 0 Å². The molecular weight excluding hydrogens is 188 g/mol. The number of carbonyl (C=O) groups is 1. The first-order valence-corrected chi connectivity index (χ1v) is 5.57. The van der Waals surface area contributed by atoms with E-state index >= 15 is 0 Å². The highest BCUT2D eigenvalue weighted by atomic mass is 16.5. The molecule has 0 saturated carbocycles. The average Bonchev–Trinajstić information content (AvgIpc) is 2.28. The number of ketones is 1. The Morgan fingerprint density at radius 2 is 2.27 bits per heavy atom. The van der Waals surface area contributed by atoms with Gasteiger partial charge in [-0.15, -0.1) is 0 Å². The number of carbonyl (C=O) groups excluding carboxylic acids is 1. The van der Waals surface area contributed by atoms with Crippen molar-refractivity contribution in [1.29, 1.82) is 0 Å². The van der Waals surface area contributed by atoms with Gasteiger partial charge in [0.05, 0.1) is 6.61 Å².